The van der Waals surface area contributed by atoms with E-state index in [-0.39, 0.29) is 6.10 Å². The molecule has 154 valence electrons. The number of fused-ring (bicyclic) bond motifs is 1. The quantitative estimate of drug-likeness (QED) is 0.749. The fraction of sp³-hybridized carbons (Fsp3) is 0.333. The van der Waals surface area contributed by atoms with Crippen molar-refractivity contribution in [3.63, 3.8) is 0 Å². The number of carbonyl (C=O) groups is 2. The third-order valence-corrected chi connectivity index (χ3v) is 4.19. The summed E-state index contributed by atoms with van der Waals surface area (Å²) in [6.45, 7) is 5.51. The van der Waals surface area contributed by atoms with Gasteiger partial charge in [-0.05, 0) is 51.1 Å². The second-order valence-electron chi connectivity index (χ2n) is 6.78. The van der Waals surface area contributed by atoms with E-state index in [0.717, 1.165) is 0 Å². The number of rotatable bonds is 5. The van der Waals surface area contributed by atoms with Crippen molar-refractivity contribution in [2.45, 2.75) is 39.1 Å². The van der Waals surface area contributed by atoms with Gasteiger partial charge in [-0.3, -0.25) is 20.4 Å². The summed E-state index contributed by atoms with van der Waals surface area (Å²) in [7, 11) is 1.49. The van der Waals surface area contributed by atoms with Gasteiger partial charge in [-0.25, -0.2) is 0 Å². The number of benzene rings is 2. The lowest BCUT2D eigenvalue weighted by Crippen LogP contribution is -2.53. The molecule has 1 aliphatic rings. The highest BCUT2D eigenvalue weighted by molar-refractivity contribution is 5.96. The van der Waals surface area contributed by atoms with E-state index in [2.05, 4.69) is 10.9 Å². The molecule has 2 amide bonds. The van der Waals surface area contributed by atoms with Crippen molar-refractivity contribution >= 4 is 11.8 Å². The van der Waals surface area contributed by atoms with E-state index in [0.29, 0.717) is 28.6 Å². The Kier molecular flexibility index (Phi) is 6.11. The molecule has 0 saturated carbocycles. The van der Waals surface area contributed by atoms with E-state index in [1.807, 2.05) is 19.9 Å². The zero-order chi connectivity index (χ0) is 21.0. The number of amides is 2. The normalized spacial score (nSPS) is 17.4. The van der Waals surface area contributed by atoms with Crippen LogP contribution in [0, 0.1) is 0 Å². The molecule has 1 aliphatic heterocycles. The van der Waals surface area contributed by atoms with E-state index in [1.54, 1.807) is 37.3 Å². The van der Waals surface area contributed by atoms with Gasteiger partial charge in [0.15, 0.2) is 23.0 Å². The molecule has 0 aromatic heterocycles. The van der Waals surface area contributed by atoms with Gasteiger partial charge in [0.05, 0.1) is 13.2 Å². The van der Waals surface area contributed by atoms with Gasteiger partial charge in [0, 0.05) is 5.56 Å². The lowest BCUT2D eigenvalue weighted by Gasteiger charge is -2.30. The first-order valence-corrected chi connectivity index (χ1v) is 9.26. The third-order valence-electron chi connectivity index (χ3n) is 4.19. The predicted molar refractivity (Wildman–Crippen MR) is 105 cm³/mol. The van der Waals surface area contributed by atoms with Crippen molar-refractivity contribution in [3.8, 4) is 23.0 Å². The van der Waals surface area contributed by atoms with Crippen LogP contribution >= 0.6 is 0 Å². The molecule has 0 fully saturated rings. The van der Waals surface area contributed by atoms with Gasteiger partial charge in [-0.2, -0.15) is 0 Å². The minimum Gasteiger partial charge on any atom is -0.493 e. The molecule has 0 aliphatic carbocycles. The van der Waals surface area contributed by atoms with E-state index in [9.17, 15) is 9.59 Å². The smallest absolute Gasteiger partial charge is 0.283 e. The van der Waals surface area contributed by atoms with Crippen molar-refractivity contribution < 1.29 is 28.5 Å². The third kappa shape index (κ3) is 4.71. The summed E-state index contributed by atoms with van der Waals surface area (Å²) in [6, 6.07) is 11.9. The monoisotopic (exact) mass is 400 g/mol. The zero-order valence-corrected chi connectivity index (χ0v) is 16.7. The SMILES string of the molecule is COc1cc(C(=O)NNC(=O)C2Oc3ccccc3OC2C)ccc1OC(C)C. The largest absolute Gasteiger partial charge is 0.493 e. The zero-order valence-electron chi connectivity index (χ0n) is 16.7. The fourth-order valence-electron chi connectivity index (χ4n) is 2.83. The van der Waals surface area contributed by atoms with Crippen LogP contribution in [-0.2, 0) is 4.79 Å². The number of ether oxygens (including phenoxy) is 4. The number of nitrogens with one attached hydrogen (secondary N) is 2. The van der Waals surface area contributed by atoms with Crippen LogP contribution in [0.25, 0.3) is 0 Å². The van der Waals surface area contributed by atoms with E-state index in [4.69, 9.17) is 18.9 Å². The average molecular weight is 400 g/mol. The Balaban J connectivity index is 1.62. The van der Waals surface area contributed by atoms with Crippen LogP contribution in [-0.4, -0.2) is 37.2 Å². The molecule has 2 atom stereocenters. The van der Waals surface area contributed by atoms with Gasteiger partial charge in [-0.1, -0.05) is 12.1 Å². The number of hydrogen-bond donors (Lipinski definition) is 2. The van der Waals surface area contributed by atoms with E-state index < -0.39 is 24.0 Å². The molecule has 0 bridgehead atoms. The number of hydrogen-bond acceptors (Lipinski definition) is 6. The van der Waals surface area contributed by atoms with Crippen molar-refractivity contribution in [2.24, 2.45) is 0 Å². The van der Waals surface area contributed by atoms with Crippen molar-refractivity contribution in [1.29, 1.82) is 0 Å². The first-order chi connectivity index (χ1) is 13.9. The predicted octanol–water partition coefficient (Wildman–Crippen LogP) is 2.47. The van der Waals surface area contributed by atoms with Crippen LogP contribution in [0.15, 0.2) is 42.5 Å². The highest BCUT2D eigenvalue weighted by Gasteiger charge is 2.34. The molecule has 8 heteroatoms. The standard InChI is InChI=1S/C21H24N2O6/c1-12(2)27-17-10-9-14(11-18(17)26-4)20(24)22-23-21(25)19-13(3)28-15-7-5-6-8-16(15)29-19/h5-13,19H,1-4H3,(H,22,24)(H,23,25). The molecule has 2 unspecified atom stereocenters. The molecule has 0 radical (unpaired) electrons. The second-order valence-corrected chi connectivity index (χ2v) is 6.78. The molecule has 0 saturated heterocycles. The van der Waals surface area contributed by atoms with Crippen molar-refractivity contribution in [2.75, 3.05) is 7.11 Å². The second kappa shape index (κ2) is 8.72. The average Bonchev–Trinajstić information content (AvgIpc) is 2.71. The number of methoxy groups -OCH3 is 1. The Morgan fingerprint density at radius 3 is 2.34 bits per heavy atom. The van der Waals surface area contributed by atoms with Crippen LogP contribution < -0.4 is 29.8 Å². The maximum absolute atomic E-state index is 12.5. The Morgan fingerprint density at radius 2 is 1.69 bits per heavy atom. The van der Waals surface area contributed by atoms with Crippen LogP contribution in [0.3, 0.4) is 0 Å². The lowest BCUT2D eigenvalue weighted by molar-refractivity contribution is -0.134. The van der Waals surface area contributed by atoms with Gasteiger partial charge in [-0.15, -0.1) is 0 Å². The summed E-state index contributed by atoms with van der Waals surface area (Å²) < 4.78 is 22.3. The first kappa shape index (κ1) is 20.3. The summed E-state index contributed by atoms with van der Waals surface area (Å²) in [5, 5.41) is 0. The Bertz CT molecular complexity index is 898. The van der Waals surface area contributed by atoms with E-state index >= 15 is 0 Å². The summed E-state index contributed by atoms with van der Waals surface area (Å²) >= 11 is 0. The Hall–Kier alpha value is -3.42. The maximum Gasteiger partial charge on any atom is 0.283 e. The minimum atomic E-state index is -0.901. The Labute approximate surface area is 169 Å². The Morgan fingerprint density at radius 1 is 1.00 bits per heavy atom. The van der Waals surface area contributed by atoms with Gasteiger partial charge in [0.2, 0.25) is 6.10 Å². The summed E-state index contributed by atoms with van der Waals surface area (Å²) in [6.07, 6.45) is -1.45. The van der Waals surface area contributed by atoms with Crippen molar-refractivity contribution in [1.82, 2.24) is 10.9 Å². The molecule has 2 aromatic rings. The molecular formula is C21H24N2O6. The number of hydrazine groups is 1. The molecule has 1 heterocycles. The number of carbonyl (C=O) groups excluding carboxylic acids is 2. The molecule has 29 heavy (non-hydrogen) atoms. The van der Waals surface area contributed by atoms with Crippen LogP contribution in [0.5, 0.6) is 23.0 Å². The summed E-state index contributed by atoms with van der Waals surface area (Å²) in [5.41, 5.74) is 5.07. The van der Waals surface area contributed by atoms with Crippen LogP contribution in [0.2, 0.25) is 0 Å². The highest BCUT2D eigenvalue weighted by Crippen LogP contribution is 2.33. The summed E-state index contributed by atoms with van der Waals surface area (Å²) in [4.78, 5) is 24.9. The van der Waals surface area contributed by atoms with Gasteiger partial charge < -0.3 is 18.9 Å². The molecule has 0 spiro atoms. The first-order valence-electron chi connectivity index (χ1n) is 9.26. The highest BCUT2D eigenvalue weighted by atomic mass is 16.6. The van der Waals surface area contributed by atoms with Crippen LogP contribution in [0.1, 0.15) is 31.1 Å². The molecular weight excluding hydrogens is 376 g/mol. The summed E-state index contributed by atoms with van der Waals surface area (Å²) in [5.74, 6) is 0.978. The lowest BCUT2D eigenvalue weighted by atomic mass is 10.1. The minimum absolute atomic E-state index is 0.0345. The topological polar surface area (TPSA) is 95.1 Å². The van der Waals surface area contributed by atoms with E-state index in [1.165, 1.54) is 13.2 Å². The maximum atomic E-state index is 12.5. The molecule has 2 aromatic carbocycles. The molecule has 8 nitrogen and oxygen atoms in total. The fourth-order valence-corrected chi connectivity index (χ4v) is 2.83. The van der Waals surface area contributed by atoms with Gasteiger partial charge in [0.1, 0.15) is 6.10 Å². The molecule has 2 N–H and O–H groups in total. The molecule has 3 rings (SSSR count). The van der Waals surface area contributed by atoms with Gasteiger partial charge in [0.25, 0.3) is 11.8 Å². The van der Waals surface area contributed by atoms with Crippen molar-refractivity contribution in [3.05, 3.63) is 48.0 Å². The van der Waals surface area contributed by atoms with Gasteiger partial charge >= 0.3 is 0 Å². The van der Waals surface area contributed by atoms with Crippen LogP contribution in [0.4, 0.5) is 0 Å². The number of para-hydroxylation sites is 2.